The quantitative estimate of drug-likeness (QED) is 0.921. The smallest absolute Gasteiger partial charge is 0.0737 e. The van der Waals surface area contributed by atoms with Crippen molar-refractivity contribution in [3.8, 4) is 0 Å². The van der Waals surface area contributed by atoms with Gasteiger partial charge in [0.2, 0.25) is 0 Å². The second-order valence-corrected chi connectivity index (χ2v) is 4.64. The third kappa shape index (κ3) is 2.42. The Morgan fingerprint density at radius 1 is 1.33 bits per heavy atom. The maximum absolute atomic E-state index is 6.32. The first kappa shape index (κ1) is 13.1. The summed E-state index contributed by atoms with van der Waals surface area (Å²) in [6.45, 7) is 4.97. The highest BCUT2D eigenvalue weighted by Gasteiger charge is 2.17. The first-order chi connectivity index (χ1) is 8.67. The zero-order chi connectivity index (χ0) is 13.1. The van der Waals surface area contributed by atoms with Gasteiger partial charge in [-0.3, -0.25) is 4.68 Å². The van der Waals surface area contributed by atoms with Gasteiger partial charge in [0.05, 0.1) is 17.4 Å². The molecular formula is C14H18ClN3. The molecule has 1 aromatic carbocycles. The molecule has 0 amide bonds. The molecule has 1 atom stereocenters. The van der Waals surface area contributed by atoms with Crippen LogP contribution in [0, 0.1) is 0 Å². The molecule has 2 N–H and O–H groups in total. The summed E-state index contributed by atoms with van der Waals surface area (Å²) >= 11 is 6.20. The summed E-state index contributed by atoms with van der Waals surface area (Å²) in [6.07, 6.45) is 0.912. The predicted octanol–water partition coefficient (Wildman–Crippen LogP) is 3.17. The molecule has 1 aromatic heterocycles. The number of nitrogens with zero attached hydrogens (tertiary/aromatic N) is 2. The zero-order valence-corrected chi connectivity index (χ0v) is 11.5. The van der Waals surface area contributed by atoms with Gasteiger partial charge in [0, 0.05) is 11.6 Å². The highest BCUT2D eigenvalue weighted by atomic mass is 35.5. The van der Waals surface area contributed by atoms with Gasteiger partial charge in [-0.05, 0) is 31.0 Å². The number of benzene rings is 1. The highest BCUT2D eigenvalue weighted by Crippen LogP contribution is 2.26. The van der Waals surface area contributed by atoms with E-state index < -0.39 is 0 Å². The Balaban J connectivity index is 2.42. The van der Waals surface area contributed by atoms with Crippen LogP contribution >= 0.6 is 11.6 Å². The van der Waals surface area contributed by atoms with Crippen LogP contribution in [0.1, 0.15) is 36.8 Å². The molecule has 2 rings (SSSR count). The van der Waals surface area contributed by atoms with Gasteiger partial charge in [-0.15, -0.1) is 0 Å². The number of halogens is 1. The van der Waals surface area contributed by atoms with Gasteiger partial charge in [0.15, 0.2) is 0 Å². The van der Waals surface area contributed by atoms with Crippen molar-refractivity contribution in [3.63, 3.8) is 0 Å². The molecular weight excluding hydrogens is 246 g/mol. The van der Waals surface area contributed by atoms with Gasteiger partial charge < -0.3 is 5.73 Å². The summed E-state index contributed by atoms with van der Waals surface area (Å²) in [5.41, 5.74) is 9.34. The maximum Gasteiger partial charge on any atom is 0.0737 e. The zero-order valence-electron chi connectivity index (χ0n) is 10.7. The van der Waals surface area contributed by atoms with Gasteiger partial charge >= 0.3 is 0 Å². The summed E-state index contributed by atoms with van der Waals surface area (Å²) in [7, 11) is 0. The largest absolute Gasteiger partial charge is 0.319 e. The lowest BCUT2D eigenvalue weighted by Crippen LogP contribution is -2.17. The summed E-state index contributed by atoms with van der Waals surface area (Å²) in [5.74, 6) is 0. The van der Waals surface area contributed by atoms with Gasteiger partial charge in [-0.2, -0.15) is 5.10 Å². The summed E-state index contributed by atoms with van der Waals surface area (Å²) < 4.78 is 1.95. The van der Waals surface area contributed by atoms with Crippen LogP contribution in [0.4, 0.5) is 0 Å². The van der Waals surface area contributed by atoms with Crippen molar-refractivity contribution in [2.24, 2.45) is 5.73 Å². The molecule has 0 saturated heterocycles. The van der Waals surface area contributed by atoms with Crippen molar-refractivity contribution in [2.75, 3.05) is 0 Å². The van der Waals surface area contributed by atoms with Crippen LogP contribution in [0.5, 0.6) is 0 Å². The van der Waals surface area contributed by atoms with Crippen molar-refractivity contribution in [1.82, 2.24) is 9.78 Å². The fourth-order valence-corrected chi connectivity index (χ4v) is 2.30. The second-order valence-electron chi connectivity index (χ2n) is 4.23. The summed E-state index contributed by atoms with van der Waals surface area (Å²) in [4.78, 5) is 0. The van der Waals surface area contributed by atoms with E-state index >= 15 is 0 Å². The Morgan fingerprint density at radius 3 is 2.67 bits per heavy atom. The van der Waals surface area contributed by atoms with E-state index in [1.165, 1.54) is 0 Å². The Morgan fingerprint density at radius 2 is 2.06 bits per heavy atom. The molecule has 18 heavy (non-hydrogen) atoms. The number of hydrogen-bond acceptors (Lipinski definition) is 2. The lowest BCUT2D eigenvalue weighted by molar-refractivity contribution is 0.595. The van der Waals surface area contributed by atoms with Crippen molar-refractivity contribution in [3.05, 3.63) is 52.3 Å². The number of aryl methyl sites for hydroxylation is 2. The third-order valence-electron chi connectivity index (χ3n) is 3.08. The summed E-state index contributed by atoms with van der Waals surface area (Å²) in [6, 6.07) is 9.53. The second kappa shape index (κ2) is 5.55. The van der Waals surface area contributed by atoms with Crippen LogP contribution in [0.15, 0.2) is 30.3 Å². The minimum Gasteiger partial charge on any atom is -0.319 e. The molecule has 2 aromatic rings. The molecule has 0 saturated carbocycles. The van der Waals surface area contributed by atoms with Crippen LogP contribution in [0.25, 0.3) is 0 Å². The van der Waals surface area contributed by atoms with Crippen molar-refractivity contribution in [1.29, 1.82) is 0 Å². The van der Waals surface area contributed by atoms with Crippen LogP contribution < -0.4 is 5.73 Å². The highest BCUT2D eigenvalue weighted by molar-refractivity contribution is 6.31. The Hall–Kier alpha value is -1.32. The van der Waals surface area contributed by atoms with Gasteiger partial charge in [-0.25, -0.2) is 0 Å². The van der Waals surface area contributed by atoms with E-state index in [0.29, 0.717) is 5.02 Å². The van der Waals surface area contributed by atoms with E-state index in [2.05, 4.69) is 25.0 Å². The lowest BCUT2D eigenvalue weighted by Gasteiger charge is -2.14. The third-order valence-corrected chi connectivity index (χ3v) is 3.43. The molecule has 3 nitrogen and oxygen atoms in total. The van der Waals surface area contributed by atoms with Crippen LogP contribution in [0.2, 0.25) is 5.02 Å². The minimum atomic E-state index is -0.230. The minimum absolute atomic E-state index is 0.230. The first-order valence-corrected chi connectivity index (χ1v) is 6.61. The van der Waals surface area contributed by atoms with Crippen molar-refractivity contribution < 1.29 is 0 Å². The molecule has 0 radical (unpaired) electrons. The standard InChI is InChI=1S/C14H18ClN3/c1-3-10-9-13(18(4-2)17-10)14(16)11-7-5-6-8-12(11)15/h5-9,14H,3-4,16H2,1-2H3. The molecule has 0 fully saturated rings. The van der Waals surface area contributed by atoms with E-state index in [9.17, 15) is 0 Å². The number of hydrogen-bond donors (Lipinski definition) is 1. The van der Waals surface area contributed by atoms with Gasteiger partial charge in [0.1, 0.15) is 0 Å². The van der Waals surface area contributed by atoms with Crippen molar-refractivity contribution >= 4 is 11.6 Å². The number of rotatable bonds is 4. The van der Waals surface area contributed by atoms with Gasteiger partial charge in [0.25, 0.3) is 0 Å². The fourth-order valence-electron chi connectivity index (χ4n) is 2.05. The average Bonchev–Trinajstić information content (AvgIpc) is 2.82. The molecule has 1 heterocycles. The van der Waals surface area contributed by atoms with E-state index in [0.717, 1.165) is 29.9 Å². The molecule has 96 valence electrons. The molecule has 0 aliphatic heterocycles. The van der Waals surface area contributed by atoms with E-state index in [1.54, 1.807) is 0 Å². The van der Waals surface area contributed by atoms with E-state index in [4.69, 9.17) is 17.3 Å². The van der Waals surface area contributed by atoms with E-state index in [1.807, 2.05) is 28.9 Å². The van der Waals surface area contributed by atoms with E-state index in [-0.39, 0.29) is 6.04 Å². The monoisotopic (exact) mass is 263 g/mol. The normalized spacial score (nSPS) is 12.7. The average molecular weight is 264 g/mol. The molecule has 0 bridgehead atoms. The lowest BCUT2D eigenvalue weighted by atomic mass is 10.0. The number of nitrogens with two attached hydrogens (primary N) is 1. The topological polar surface area (TPSA) is 43.8 Å². The maximum atomic E-state index is 6.32. The molecule has 4 heteroatoms. The van der Waals surface area contributed by atoms with Gasteiger partial charge in [-0.1, -0.05) is 36.7 Å². The van der Waals surface area contributed by atoms with Crippen LogP contribution in [0.3, 0.4) is 0 Å². The molecule has 1 unspecified atom stereocenters. The predicted molar refractivity (Wildman–Crippen MR) is 74.8 cm³/mol. The van der Waals surface area contributed by atoms with Crippen LogP contribution in [-0.4, -0.2) is 9.78 Å². The SMILES string of the molecule is CCc1cc(C(N)c2ccccc2Cl)n(CC)n1. The number of aromatic nitrogens is 2. The molecule has 0 aliphatic rings. The fraction of sp³-hybridized carbons (Fsp3) is 0.357. The molecule has 0 aliphatic carbocycles. The van der Waals surface area contributed by atoms with Crippen molar-refractivity contribution in [2.45, 2.75) is 32.9 Å². The summed E-state index contributed by atoms with van der Waals surface area (Å²) in [5, 5.41) is 5.22. The Bertz CT molecular complexity index is 534. The Labute approximate surface area is 113 Å². The van der Waals surface area contributed by atoms with Crippen LogP contribution in [-0.2, 0) is 13.0 Å². The molecule has 0 spiro atoms. The first-order valence-electron chi connectivity index (χ1n) is 6.24. The Kier molecular flexibility index (Phi) is 4.04.